The van der Waals surface area contributed by atoms with E-state index in [1.54, 1.807) is 4.90 Å². The van der Waals surface area contributed by atoms with Crippen LogP contribution in [0.15, 0.2) is 0 Å². The second kappa shape index (κ2) is 5.80. The van der Waals surface area contributed by atoms with Crippen LogP contribution in [0.2, 0.25) is 0 Å². The van der Waals surface area contributed by atoms with Gasteiger partial charge in [-0.2, -0.15) is 0 Å². The topological polar surface area (TPSA) is 104 Å². The first kappa shape index (κ1) is 15.4. The highest BCUT2D eigenvalue weighted by atomic mass is 16.2. The van der Waals surface area contributed by atoms with Crippen LogP contribution in [-0.2, 0) is 14.4 Å². The zero-order chi connectivity index (χ0) is 15.7. The molecular weight excluding hydrogens is 276 g/mol. The highest BCUT2D eigenvalue weighted by Gasteiger charge is 2.44. The average Bonchev–Trinajstić information content (AvgIpc) is 2.64. The number of likely N-dealkylation sites (tertiary alicyclic amines) is 1. The lowest BCUT2D eigenvalue weighted by Gasteiger charge is -2.38. The number of likely N-dealkylation sites (N-methyl/N-ethyl adjacent to an activating group) is 1. The van der Waals surface area contributed by atoms with Crippen molar-refractivity contribution in [3.8, 4) is 0 Å². The predicted octanol–water partition coefficient (Wildman–Crippen LogP) is -1.01. The van der Waals surface area contributed by atoms with E-state index in [9.17, 15) is 19.2 Å². The van der Waals surface area contributed by atoms with Crippen molar-refractivity contribution >= 4 is 23.8 Å². The summed E-state index contributed by atoms with van der Waals surface area (Å²) in [5.41, 5.74) is 5.70. The Balaban J connectivity index is 2.06. The molecule has 8 heteroatoms. The largest absolute Gasteiger partial charge is 0.337 e. The summed E-state index contributed by atoms with van der Waals surface area (Å²) in [4.78, 5) is 50.2. The Morgan fingerprint density at radius 3 is 2.48 bits per heavy atom. The van der Waals surface area contributed by atoms with Gasteiger partial charge in [-0.15, -0.1) is 0 Å². The number of imide groups is 2. The van der Waals surface area contributed by atoms with Gasteiger partial charge in [0.2, 0.25) is 5.91 Å². The molecule has 5 amide bonds. The Kier molecular flexibility index (Phi) is 4.26. The fraction of sp³-hybridized carbons (Fsp3) is 0.692. The highest BCUT2D eigenvalue weighted by Crippen LogP contribution is 2.22. The quantitative estimate of drug-likeness (QED) is 0.531. The van der Waals surface area contributed by atoms with Crippen molar-refractivity contribution in [2.45, 2.75) is 25.8 Å². The van der Waals surface area contributed by atoms with Gasteiger partial charge in [0.15, 0.2) is 0 Å². The van der Waals surface area contributed by atoms with Crippen molar-refractivity contribution in [2.75, 3.05) is 26.7 Å². The number of nitrogens with two attached hydrogens (primary N) is 1. The van der Waals surface area contributed by atoms with Crippen molar-refractivity contribution in [1.29, 1.82) is 0 Å². The van der Waals surface area contributed by atoms with E-state index in [4.69, 9.17) is 5.73 Å². The molecule has 2 rings (SSSR count). The minimum absolute atomic E-state index is 0.0810. The molecule has 0 aromatic heterocycles. The van der Waals surface area contributed by atoms with Crippen LogP contribution >= 0.6 is 0 Å². The van der Waals surface area contributed by atoms with Gasteiger partial charge in [-0.25, -0.2) is 9.69 Å². The number of carbonyl (C=O) groups excluding carboxylic acids is 4. The summed E-state index contributed by atoms with van der Waals surface area (Å²) in [5.74, 6) is -1.71. The molecule has 21 heavy (non-hydrogen) atoms. The normalized spacial score (nSPS) is 26.8. The van der Waals surface area contributed by atoms with Crippen LogP contribution in [-0.4, -0.2) is 71.2 Å². The maximum absolute atomic E-state index is 12.3. The van der Waals surface area contributed by atoms with Crippen LogP contribution in [0.4, 0.5) is 4.79 Å². The molecule has 0 saturated carbocycles. The van der Waals surface area contributed by atoms with Gasteiger partial charge in [0.25, 0.3) is 0 Å². The number of piperidine rings is 1. The van der Waals surface area contributed by atoms with Crippen molar-refractivity contribution in [1.82, 2.24) is 14.7 Å². The standard InChI is InChI=1S/C13H20N4O4/c1-8-3-4-16(9(5-8)6-14)10(18)7-17-12(20)11(19)15(2)13(17)21/h8-9H,3-7,14H2,1-2H3. The minimum atomic E-state index is -0.953. The molecular formula is C13H20N4O4. The van der Waals surface area contributed by atoms with E-state index in [0.29, 0.717) is 28.8 Å². The molecule has 2 unspecified atom stereocenters. The summed E-state index contributed by atoms with van der Waals surface area (Å²) >= 11 is 0. The van der Waals surface area contributed by atoms with Gasteiger partial charge in [-0.1, -0.05) is 6.92 Å². The number of carbonyl (C=O) groups is 4. The van der Waals surface area contributed by atoms with Crippen molar-refractivity contribution < 1.29 is 19.2 Å². The molecule has 2 fully saturated rings. The van der Waals surface area contributed by atoms with E-state index in [1.807, 2.05) is 0 Å². The van der Waals surface area contributed by atoms with E-state index in [0.717, 1.165) is 12.8 Å². The Morgan fingerprint density at radius 1 is 1.29 bits per heavy atom. The number of hydrogen-bond donors (Lipinski definition) is 1. The lowest BCUT2D eigenvalue weighted by molar-refractivity contribution is -0.145. The van der Waals surface area contributed by atoms with Crippen molar-refractivity contribution in [3.63, 3.8) is 0 Å². The van der Waals surface area contributed by atoms with E-state index in [2.05, 4.69) is 6.92 Å². The highest BCUT2D eigenvalue weighted by molar-refractivity contribution is 6.44. The smallest absolute Gasteiger partial charge is 0.334 e. The van der Waals surface area contributed by atoms with Crippen molar-refractivity contribution in [3.05, 3.63) is 0 Å². The molecule has 0 aliphatic carbocycles. The van der Waals surface area contributed by atoms with Gasteiger partial charge < -0.3 is 10.6 Å². The fourth-order valence-electron chi connectivity index (χ4n) is 2.78. The third-order valence-corrected chi connectivity index (χ3v) is 4.11. The maximum atomic E-state index is 12.3. The van der Waals surface area contributed by atoms with Gasteiger partial charge in [0, 0.05) is 26.2 Å². The summed E-state index contributed by atoms with van der Waals surface area (Å²) in [6, 6.07) is -0.837. The van der Waals surface area contributed by atoms with Gasteiger partial charge in [-0.3, -0.25) is 19.3 Å². The Bertz CT molecular complexity index is 493. The number of rotatable bonds is 3. The first-order chi connectivity index (χ1) is 9.86. The minimum Gasteiger partial charge on any atom is -0.337 e. The molecule has 2 N–H and O–H groups in total. The fourth-order valence-corrected chi connectivity index (χ4v) is 2.78. The van der Waals surface area contributed by atoms with Crippen LogP contribution in [0.1, 0.15) is 19.8 Å². The molecule has 8 nitrogen and oxygen atoms in total. The van der Waals surface area contributed by atoms with Gasteiger partial charge in [0.1, 0.15) is 6.54 Å². The molecule has 0 spiro atoms. The molecule has 2 aliphatic heterocycles. The third-order valence-electron chi connectivity index (χ3n) is 4.11. The molecule has 0 bridgehead atoms. The summed E-state index contributed by atoms with van der Waals surface area (Å²) in [7, 11) is 1.22. The first-order valence-corrected chi connectivity index (χ1v) is 6.99. The van der Waals surface area contributed by atoms with Gasteiger partial charge in [-0.05, 0) is 18.8 Å². The summed E-state index contributed by atoms with van der Waals surface area (Å²) < 4.78 is 0. The second-order valence-electron chi connectivity index (χ2n) is 5.64. The van der Waals surface area contributed by atoms with Crippen LogP contribution < -0.4 is 5.73 Å². The second-order valence-corrected chi connectivity index (χ2v) is 5.64. The molecule has 2 saturated heterocycles. The lowest BCUT2D eigenvalue weighted by atomic mass is 9.92. The summed E-state index contributed by atoms with van der Waals surface area (Å²) in [6.45, 7) is 2.60. The number of hydrogen-bond acceptors (Lipinski definition) is 5. The molecule has 2 atom stereocenters. The van der Waals surface area contributed by atoms with Crippen LogP contribution in [0, 0.1) is 5.92 Å². The zero-order valence-electron chi connectivity index (χ0n) is 12.2. The summed E-state index contributed by atoms with van der Waals surface area (Å²) in [6.07, 6.45) is 1.67. The Hall–Kier alpha value is -1.96. The number of amides is 5. The van der Waals surface area contributed by atoms with Crippen LogP contribution in [0.3, 0.4) is 0 Å². The predicted molar refractivity (Wildman–Crippen MR) is 72.8 cm³/mol. The molecule has 2 heterocycles. The molecule has 0 aromatic carbocycles. The number of urea groups is 1. The van der Waals surface area contributed by atoms with E-state index >= 15 is 0 Å². The molecule has 2 aliphatic rings. The van der Waals surface area contributed by atoms with Crippen LogP contribution in [0.5, 0.6) is 0 Å². The van der Waals surface area contributed by atoms with E-state index in [-0.39, 0.29) is 11.9 Å². The lowest BCUT2D eigenvalue weighted by Crippen LogP contribution is -2.52. The average molecular weight is 296 g/mol. The molecule has 0 radical (unpaired) electrons. The number of nitrogens with zero attached hydrogens (tertiary/aromatic N) is 3. The van der Waals surface area contributed by atoms with Crippen molar-refractivity contribution in [2.24, 2.45) is 11.7 Å². The Morgan fingerprint density at radius 2 is 1.95 bits per heavy atom. The maximum Gasteiger partial charge on any atom is 0.334 e. The van der Waals surface area contributed by atoms with Gasteiger partial charge >= 0.3 is 17.8 Å². The Labute approximate surface area is 122 Å². The molecule has 116 valence electrons. The van der Waals surface area contributed by atoms with E-state index in [1.165, 1.54) is 7.05 Å². The first-order valence-electron chi connectivity index (χ1n) is 6.99. The van der Waals surface area contributed by atoms with Crippen LogP contribution in [0.25, 0.3) is 0 Å². The van der Waals surface area contributed by atoms with Gasteiger partial charge in [0.05, 0.1) is 0 Å². The van der Waals surface area contributed by atoms with E-state index < -0.39 is 24.4 Å². The monoisotopic (exact) mass is 296 g/mol. The third kappa shape index (κ3) is 2.76. The molecule has 0 aromatic rings. The summed E-state index contributed by atoms with van der Waals surface area (Å²) in [5, 5.41) is 0. The SMILES string of the molecule is CC1CCN(C(=O)CN2C(=O)C(=O)N(C)C2=O)C(CN)C1. The zero-order valence-corrected chi connectivity index (χ0v) is 12.2.